The number of nitrogens with zero attached hydrogens (tertiary/aromatic N) is 1. The van der Waals surface area contributed by atoms with Gasteiger partial charge in [0.05, 0.1) is 16.7 Å². The van der Waals surface area contributed by atoms with Gasteiger partial charge in [-0.05, 0) is 43.5 Å². The molecule has 2 aromatic rings. The van der Waals surface area contributed by atoms with Gasteiger partial charge in [0.2, 0.25) is 0 Å². The molecule has 6 heteroatoms. The van der Waals surface area contributed by atoms with E-state index in [0.717, 1.165) is 5.56 Å². The van der Waals surface area contributed by atoms with E-state index in [0.29, 0.717) is 12.0 Å². The Balaban J connectivity index is 2.35. The summed E-state index contributed by atoms with van der Waals surface area (Å²) in [6.07, 6.45) is 3.14. The van der Waals surface area contributed by atoms with Gasteiger partial charge in [0.15, 0.2) is 0 Å². The lowest BCUT2D eigenvalue weighted by atomic mass is 9.88. The molecule has 0 saturated heterocycles. The van der Waals surface area contributed by atoms with E-state index in [1.54, 1.807) is 19.1 Å². The van der Waals surface area contributed by atoms with E-state index in [1.165, 1.54) is 24.5 Å². The highest BCUT2D eigenvalue weighted by Gasteiger charge is 2.28. The minimum absolute atomic E-state index is 0.0115. The number of carboxylic acids is 1. The summed E-state index contributed by atoms with van der Waals surface area (Å²) in [5, 5.41) is 12.1. The van der Waals surface area contributed by atoms with Gasteiger partial charge in [0.1, 0.15) is 5.82 Å². The predicted molar refractivity (Wildman–Crippen MR) is 87.4 cm³/mol. The standard InChI is InChI=1S/C18H19FN2O3/c1-4-18(3,12-5-7-13(19)8-6-12)21-16(22)14-9-20-10-15(11(14)2)17(23)24/h5-10H,4H2,1-3H3,(H,21,22)(H,23,24). The van der Waals surface area contributed by atoms with Crippen molar-refractivity contribution in [2.75, 3.05) is 0 Å². The van der Waals surface area contributed by atoms with Gasteiger partial charge in [0.25, 0.3) is 5.91 Å². The number of halogens is 1. The number of aromatic nitrogens is 1. The highest BCUT2D eigenvalue weighted by Crippen LogP contribution is 2.25. The molecule has 0 fully saturated rings. The van der Waals surface area contributed by atoms with E-state index in [1.807, 2.05) is 13.8 Å². The zero-order valence-electron chi connectivity index (χ0n) is 13.8. The number of nitrogens with one attached hydrogen (secondary N) is 1. The first-order chi connectivity index (χ1) is 11.3. The summed E-state index contributed by atoms with van der Waals surface area (Å²) in [6.45, 7) is 5.31. The summed E-state index contributed by atoms with van der Waals surface area (Å²) in [6, 6.07) is 5.93. The Morgan fingerprint density at radius 3 is 2.33 bits per heavy atom. The second-order valence-corrected chi connectivity index (χ2v) is 5.81. The third-order valence-electron chi connectivity index (χ3n) is 4.27. The normalized spacial score (nSPS) is 13.2. The second-order valence-electron chi connectivity index (χ2n) is 5.81. The average Bonchev–Trinajstić information content (AvgIpc) is 2.55. The Morgan fingerprint density at radius 1 is 1.21 bits per heavy atom. The van der Waals surface area contributed by atoms with Crippen LogP contribution in [0.5, 0.6) is 0 Å². The minimum Gasteiger partial charge on any atom is -0.478 e. The van der Waals surface area contributed by atoms with Crippen LogP contribution in [-0.2, 0) is 5.54 Å². The molecule has 126 valence electrons. The maximum atomic E-state index is 13.1. The number of aromatic carboxylic acids is 1. The quantitative estimate of drug-likeness (QED) is 0.882. The summed E-state index contributed by atoms with van der Waals surface area (Å²) in [5.74, 6) is -1.90. The Morgan fingerprint density at radius 2 is 1.79 bits per heavy atom. The van der Waals surface area contributed by atoms with Gasteiger partial charge in [-0.3, -0.25) is 9.78 Å². The van der Waals surface area contributed by atoms with Crippen LogP contribution < -0.4 is 5.32 Å². The van der Waals surface area contributed by atoms with Crippen LogP contribution >= 0.6 is 0 Å². The van der Waals surface area contributed by atoms with Gasteiger partial charge in [-0.15, -0.1) is 0 Å². The predicted octanol–water partition coefficient (Wildman–Crippen LogP) is 3.28. The Labute approximate surface area is 139 Å². The largest absolute Gasteiger partial charge is 0.478 e. The van der Waals surface area contributed by atoms with E-state index < -0.39 is 17.4 Å². The Hall–Kier alpha value is -2.76. The van der Waals surface area contributed by atoms with Crippen LogP contribution in [0.1, 0.15) is 52.1 Å². The smallest absolute Gasteiger partial charge is 0.337 e. The topological polar surface area (TPSA) is 79.3 Å². The van der Waals surface area contributed by atoms with Crippen LogP contribution in [0.2, 0.25) is 0 Å². The molecule has 0 saturated carbocycles. The first kappa shape index (κ1) is 17.6. The van der Waals surface area contributed by atoms with E-state index in [-0.39, 0.29) is 16.9 Å². The van der Waals surface area contributed by atoms with Crippen molar-refractivity contribution in [1.29, 1.82) is 0 Å². The van der Waals surface area contributed by atoms with Crippen LogP contribution in [0, 0.1) is 12.7 Å². The van der Waals surface area contributed by atoms with Crippen LogP contribution in [-0.4, -0.2) is 22.0 Å². The van der Waals surface area contributed by atoms with Crippen molar-refractivity contribution in [3.05, 3.63) is 64.7 Å². The van der Waals surface area contributed by atoms with Gasteiger partial charge in [0, 0.05) is 12.4 Å². The zero-order valence-corrected chi connectivity index (χ0v) is 13.8. The fraction of sp³-hybridized carbons (Fsp3) is 0.278. The monoisotopic (exact) mass is 330 g/mol. The van der Waals surface area contributed by atoms with Crippen LogP contribution in [0.15, 0.2) is 36.7 Å². The van der Waals surface area contributed by atoms with Crippen molar-refractivity contribution >= 4 is 11.9 Å². The third kappa shape index (κ3) is 3.42. The number of pyridine rings is 1. The molecule has 24 heavy (non-hydrogen) atoms. The number of carbonyl (C=O) groups is 2. The third-order valence-corrected chi connectivity index (χ3v) is 4.27. The number of hydrogen-bond acceptors (Lipinski definition) is 3. The van der Waals surface area contributed by atoms with Gasteiger partial charge >= 0.3 is 5.97 Å². The number of carbonyl (C=O) groups excluding carboxylic acids is 1. The zero-order chi connectivity index (χ0) is 17.9. The van der Waals surface area contributed by atoms with Crippen molar-refractivity contribution in [2.45, 2.75) is 32.7 Å². The Kier molecular flexibility index (Phi) is 4.97. The molecule has 2 N–H and O–H groups in total. The molecule has 0 aliphatic rings. The molecule has 1 heterocycles. The second kappa shape index (κ2) is 6.78. The minimum atomic E-state index is -1.13. The van der Waals surface area contributed by atoms with Crippen LogP contribution in [0.4, 0.5) is 4.39 Å². The SMILES string of the molecule is CCC(C)(NC(=O)c1cncc(C(=O)O)c1C)c1ccc(F)cc1. The molecule has 1 amide bonds. The summed E-state index contributed by atoms with van der Waals surface area (Å²) < 4.78 is 13.1. The molecule has 0 spiro atoms. The van der Waals surface area contributed by atoms with E-state index >= 15 is 0 Å². The molecule has 0 radical (unpaired) electrons. The van der Waals surface area contributed by atoms with Gasteiger partial charge in [-0.25, -0.2) is 9.18 Å². The Bertz CT molecular complexity index is 774. The fourth-order valence-corrected chi connectivity index (χ4v) is 2.47. The molecule has 1 aromatic carbocycles. The maximum Gasteiger partial charge on any atom is 0.337 e. The van der Waals surface area contributed by atoms with Crippen LogP contribution in [0.25, 0.3) is 0 Å². The van der Waals surface area contributed by atoms with E-state index in [2.05, 4.69) is 10.3 Å². The number of amides is 1. The number of rotatable bonds is 5. The molecular formula is C18H19FN2O3. The van der Waals surface area contributed by atoms with Crippen molar-refractivity contribution in [2.24, 2.45) is 0 Å². The summed E-state index contributed by atoms with van der Waals surface area (Å²) in [7, 11) is 0. The fourth-order valence-electron chi connectivity index (χ4n) is 2.47. The molecule has 1 atom stereocenters. The van der Waals surface area contributed by atoms with Crippen molar-refractivity contribution in [3.8, 4) is 0 Å². The van der Waals surface area contributed by atoms with E-state index in [9.17, 15) is 14.0 Å². The lowest BCUT2D eigenvalue weighted by Crippen LogP contribution is -2.43. The summed E-state index contributed by atoms with van der Waals surface area (Å²) >= 11 is 0. The first-order valence-electron chi connectivity index (χ1n) is 7.55. The lowest BCUT2D eigenvalue weighted by Gasteiger charge is -2.30. The molecule has 0 bridgehead atoms. The van der Waals surface area contributed by atoms with Crippen molar-refractivity contribution in [3.63, 3.8) is 0 Å². The van der Waals surface area contributed by atoms with Crippen molar-refractivity contribution in [1.82, 2.24) is 10.3 Å². The van der Waals surface area contributed by atoms with E-state index in [4.69, 9.17) is 5.11 Å². The lowest BCUT2D eigenvalue weighted by molar-refractivity contribution is 0.0695. The number of hydrogen-bond donors (Lipinski definition) is 2. The highest BCUT2D eigenvalue weighted by molar-refractivity contribution is 5.99. The molecule has 0 aliphatic heterocycles. The van der Waals surface area contributed by atoms with Gasteiger partial charge in [-0.2, -0.15) is 0 Å². The molecule has 0 aliphatic carbocycles. The molecule has 1 aromatic heterocycles. The summed E-state index contributed by atoms with van der Waals surface area (Å²) in [4.78, 5) is 27.7. The summed E-state index contributed by atoms with van der Waals surface area (Å²) in [5.41, 5.74) is 0.600. The van der Waals surface area contributed by atoms with Crippen LogP contribution in [0.3, 0.4) is 0 Å². The van der Waals surface area contributed by atoms with Crippen molar-refractivity contribution < 1.29 is 19.1 Å². The average molecular weight is 330 g/mol. The number of carboxylic acid groups (broad SMARTS) is 1. The maximum absolute atomic E-state index is 13.1. The molecule has 1 unspecified atom stereocenters. The molecule has 2 rings (SSSR count). The molecular weight excluding hydrogens is 311 g/mol. The van der Waals surface area contributed by atoms with Gasteiger partial charge in [-0.1, -0.05) is 19.1 Å². The molecule has 5 nitrogen and oxygen atoms in total. The first-order valence-corrected chi connectivity index (χ1v) is 7.55. The number of benzene rings is 1. The van der Waals surface area contributed by atoms with Gasteiger partial charge < -0.3 is 10.4 Å². The highest BCUT2D eigenvalue weighted by atomic mass is 19.1.